The summed E-state index contributed by atoms with van der Waals surface area (Å²) in [5.74, 6) is -2.96. The first-order chi connectivity index (χ1) is 14.3. The molecule has 0 saturated heterocycles. The predicted molar refractivity (Wildman–Crippen MR) is 110 cm³/mol. The van der Waals surface area contributed by atoms with Crippen molar-refractivity contribution in [3.05, 3.63) is 47.6 Å². The number of H-pyrrole nitrogens is 1. The third-order valence-corrected chi connectivity index (χ3v) is 5.72. The van der Waals surface area contributed by atoms with Crippen molar-refractivity contribution in [1.82, 2.24) is 19.9 Å². The van der Waals surface area contributed by atoms with E-state index >= 15 is 4.39 Å². The molecule has 0 amide bonds. The number of fused-ring (bicyclic) bond motifs is 1. The van der Waals surface area contributed by atoms with Crippen LogP contribution in [-0.4, -0.2) is 37.1 Å². The van der Waals surface area contributed by atoms with Crippen molar-refractivity contribution >= 4 is 34.2 Å². The first-order valence-corrected chi connectivity index (χ1v) is 9.97. The van der Waals surface area contributed by atoms with Crippen molar-refractivity contribution in [3.63, 3.8) is 0 Å². The van der Waals surface area contributed by atoms with E-state index in [4.69, 9.17) is 0 Å². The molecule has 30 heavy (non-hydrogen) atoms. The van der Waals surface area contributed by atoms with E-state index in [0.29, 0.717) is 21.5 Å². The Morgan fingerprint density at radius 1 is 1.30 bits per heavy atom. The normalized spacial score (nSPS) is 13.3. The van der Waals surface area contributed by atoms with E-state index in [9.17, 15) is 14.3 Å². The van der Waals surface area contributed by atoms with Crippen LogP contribution >= 0.6 is 11.3 Å². The van der Waals surface area contributed by atoms with Gasteiger partial charge in [-0.2, -0.15) is 0 Å². The Balaban J connectivity index is 1.87. The summed E-state index contributed by atoms with van der Waals surface area (Å²) in [6.07, 6.45) is 2.67. The number of rotatable bonds is 6. The Kier molecular flexibility index (Phi) is 5.17. The molecule has 2 unspecified atom stereocenters. The topological polar surface area (TPSA) is 104 Å². The molecule has 10 heteroatoms. The molecule has 0 aliphatic carbocycles. The minimum absolute atomic E-state index is 0.0754. The highest BCUT2D eigenvalue weighted by Gasteiger charge is 2.24. The highest BCUT2D eigenvalue weighted by Crippen LogP contribution is 2.33. The van der Waals surface area contributed by atoms with Gasteiger partial charge in [0.2, 0.25) is 0 Å². The van der Waals surface area contributed by atoms with Crippen molar-refractivity contribution in [1.29, 1.82) is 0 Å². The maximum absolute atomic E-state index is 15.3. The Morgan fingerprint density at radius 3 is 2.80 bits per heavy atom. The second-order valence-electron chi connectivity index (χ2n) is 6.85. The minimum Gasteiger partial charge on any atom is -0.481 e. The van der Waals surface area contributed by atoms with E-state index < -0.39 is 29.6 Å². The van der Waals surface area contributed by atoms with E-state index in [1.54, 1.807) is 30.6 Å². The van der Waals surface area contributed by atoms with Gasteiger partial charge in [0.25, 0.3) is 0 Å². The summed E-state index contributed by atoms with van der Waals surface area (Å²) >= 11 is 1.31. The standard InChI is InChI=1S/C20H17F2N5O2S/c1-9(20(28)29)10(2)25-19-15(22)16(14-4-3-5-30-14)26-18(27-19)13-8-24-17-12(13)6-11(21)7-23-17/h3-10H,1-2H3,(H,23,24)(H,28,29)(H,25,26,27). The van der Waals surface area contributed by atoms with Crippen LogP contribution in [0.2, 0.25) is 0 Å². The van der Waals surface area contributed by atoms with E-state index in [-0.39, 0.29) is 17.3 Å². The summed E-state index contributed by atoms with van der Waals surface area (Å²) in [5.41, 5.74) is 0.975. The number of thiophene rings is 1. The molecule has 0 saturated carbocycles. The van der Waals surface area contributed by atoms with Crippen LogP contribution in [-0.2, 0) is 4.79 Å². The molecule has 4 heterocycles. The molecule has 0 aliphatic rings. The van der Waals surface area contributed by atoms with Gasteiger partial charge < -0.3 is 15.4 Å². The molecular weight excluding hydrogens is 412 g/mol. The van der Waals surface area contributed by atoms with Crippen LogP contribution in [0.3, 0.4) is 0 Å². The van der Waals surface area contributed by atoms with Gasteiger partial charge >= 0.3 is 5.97 Å². The van der Waals surface area contributed by atoms with Gasteiger partial charge in [0.15, 0.2) is 17.5 Å². The molecule has 0 bridgehead atoms. The zero-order chi connectivity index (χ0) is 21.4. The molecule has 0 radical (unpaired) electrons. The first kappa shape index (κ1) is 19.9. The maximum Gasteiger partial charge on any atom is 0.308 e. The van der Waals surface area contributed by atoms with Gasteiger partial charge in [-0.15, -0.1) is 11.3 Å². The molecule has 7 nitrogen and oxygen atoms in total. The molecule has 2 atom stereocenters. The molecule has 154 valence electrons. The smallest absolute Gasteiger partial charge is 0.308 e. The van der Waals surface area contributed by atoms with Crippen molar-refractivity contribution in [2.24, 2.45) is 5.92 Å². The molecule has 0 aliphatic heterocycles. The van der Waals surface area contributed by atoms with Crippen LogP contribution in [0.5, 0.6) is 0 Å². The maximum atomic E-state index is 15.3. The second kappa shape index (κ2) is 7.79. The molecule has 0 aromatic carbocycles. The zero-order valence-electron chi connectivity index (χ0n) is 16.0. The number of halogens is 2. The van der Waals surface area contributed by atoms with Gasteiger partial charge in [-0.05, 0) is 31.4 Å². The Bertz CT molecular complexity index is 1230. The molecule has 0 fully saturated rings. The molecule has 0 spiro atoms. The average molecular weight is 429 g/mol. The quantitative estimate of drug-likeness (QED) is 0.416. The van der Waals surface area contributed by atoms with Crippen LogP contribution in [0.25, 0.3) is 33.0 Å². The number of pyridine rings is 1. The number of nitrogens with one attached hydrogen (secondary N) is 2. The van der Waals surface area contributed by atoms with Gasteiger partial charge in [-0.1, -0.05) is 6.07 Å². The van der Waals surface area contributed by atoms with E-state index in [1.807, 2.05) is 0 Å². The van der Waals surface area contributed by atoms with Crippen LogP contribution in [0.1, 0.15) is 13.8 Å². The summed E-state index contributed by atoms with van der Waals surface area (Å²) in [7, 11) is 0. The summed E-state index contributed by atoms with van der Waals surface area (Å²) in [4.78, 5) is 27.5. The van der Waals surface area contributed by atoms with E-state index in [2.05, 4.69) is 25.3 Å². The fourth-order valence-electron chi connectivity index (χ4n) is 2.96. The Hall–Kier alpha value is -3.40. The van der Waals surface area contributed by atoms with E-state index in [0.717, 1.165) is 6.20 Å². The monoisotopic (exact) mass is 429 g/mol. The lowest BCUT2D eigenvalue weighted by Crippen LogP contribution is -2.30. The lowest BCUT2D eigenvalue weighted by molar-refractivity contribution is -0.141. The van der Waals surface area contributed by atoms with Crippen molar-refractivity contribution in [2.75, 3.05) is 5.32 Å². The highest BCUT2D eigenvalue weighted by atomic mass is 32.1. The van der Waals surface area contributed by atoms with Gasteiger partial charge in [0, 0.05) is 23.2 Å². The summed E-state index contributed by atoms with van der Waals surface area (Å²) in [6, 6.07) is 4.20. The van der Waals surface area contributed by atoms with Crippen LogP contribution < -0.4 is 5.32 Å². The molecule has 4 aromatic rings. The number of aromatic nitrogens is 4. The van der Waals surface area contributed by atoms with Gasteiger partial charge in [0.05, 0.1) is 17.0 Å². The molecular formula is C20H17F2N5O2S. The summed E-state index contributed by atoms with van der Waals surface area (Å²) < 4.78 is 29.0. The number of nitrogens with zero attached hydrogens (tertiary/aromatic N) is 3. The van der Waals surface area contributed by atoms with Crippen LogP contribution in [0.4, 0.5) is 14.6 Å². The number of aliphatic carboxylic acids is 1. The lowest BCUT2D eigenvalue weighted by Gasteiger charge is -2.19. The zero-order valence-corrected chi connectivity index (χ0v) is 16.8. The highest BCUT2D eigenvalue weighted by molar-refractivity contribution is 7.13. The fraction of sp³-hybridized carbons (Fsp3) is 0.200. The van der Waals surface area contributed by atoms with Gasteiger partial charge in [-0.25, -0.2) is 23.7 Å². The number of carboxylic acids is 1. The van der Waals surface area contributed by atoms with Crippen molar-refractivity contribution < 1.29 is 18.7 Å². The largest absolute Gasteiger partial charge is 0.481 e. The number of carboxylic acid groups (broad SMARTS) is 1. The van der Waals surface area contributed by atoms with Crippen molar-refractivity contribution in [2.45, 2.75) is 19.9 Å². The predicted octanol–water partition coefficient (Wildman–Crippen LogP) is 4.55. The Morgan fingerprint density at radius 2 is 2.10 bits per heavy atom. The average Bonchev–Trinajstić information content (AvgIpc) is 3.38. The Labute approximate surface area is 173 Å². The minimum atomic E-state index is -1.01. The SMILES string of the molecule is CC(Nc1nc(-c2c[nH]c3ncc(F)cc23)nc(-c2cccs2)c1F)C(C)C(=O)O. The third kappa shape index (κ3) is 3.61. The number of anilines is 1. The second-order valence-corrected chi connectivity index (χ2v) is 7.80. The van der Waals surface area contributed by atoms with Gasteiger partial charge in [0.1, 0.15) is 17.2 Å². The summed E-state index contributed by atoms with van der Waals surface area (Å²) in [6.45, 7) is 3.16. The number of carbonyl (C=O) groups is 1. The van der Waals surface area contributed by atoms with Crippen LogP contribution in [0, 0.1) is 17.6 Å². The third-order valence-electron chi connectivity index (χ3n) is 4.85. The van der Waals surface area contributed by atoms with Crippen molar-refractivity contribution in [3.8, 4) is 22.0 Å². The molecule has 4 aromatic heterocycles. The first-order valence-electron chi connectivity index (χ1n) is 9.09. The number of hydrogen-bond donors (Lipinski definition) is 3. The van der Waals surface area contributed by atoms with Gasteiger partial charge in [-0.3, -0.25) is 4.79 Å². The lowest BCUT2D eigenvalue weighted by atomic mass is 10.0. The molecule has 4 rings (SSSR count). The number of aromatic amines is 1. The number of hydrogen-bond acceptors (Lipinski definition) is 6. The molecule has 3 N–H and O–H groups in total. The fourth-order valence-corrected chi connectivity index (χ4v) is 3.66. The summed E-state index contributed by atoms with van der Waals surface area (Å²) in [5, 5.41) is 14.3. The van der Waals surface area contributed by atoms with Crippen LogP contribution in [0.15, 0.2) is 36.0 Å². The van der Waals surface area contributed by atoms with E-state index in [1.165, 1.54) is 24.3 Å².